The standard InChI is InChI=1S/C19H24BrFN2O/c1-2-23-12-15(18-16(20)9-14(21)10-17(18)23)19(24)22-11-13-7-5-3-4-6-8-13/h9-10,12-13H,2-8,11H2,1H3,(H,22,24). The lowest BCUT2D eigenvalue weighted by molar-refractivity contribution is 0.0947. The predicted molar refractivity (Wildman–Crippen MR) is 98.8 cm³/mol. The molecule has 5 heteroatoms. The number of aryl methyl sites for hydroxylation is 1. The molecule has 2 aromatic rings. The van der Waals surface area contributed by atoms with Crippen LogP contribution in [0, 0.1) is 11.7 Å². The summed E-state index contributed by atoms with van der Waals surface area (Å²) in [5, 5.41) is 3.89. The summed E-state index contributed by atoms with van der Waals surface area (Å²) in [5.74, 6) is 0.216. The Morgan fingerprint density at radius 3 is 2.67 bits per heavy atom. The molecule has 0 aliphatic heterocycles. The summed E-state index contributed by atoms with van der Waals surface area (Å²) < 4.78 is 16.3. The van der Waals surface area contributed by atoms with Gasteiger partial charge in [0.25, 0.3) is 5.91 Å². The summed E-state index contributed by atoms with van der Waals surface area (Å²) in [7, 11) is 0. The largest absolute Gasteiger partial charge is 0.352 e. The number of halogens is 2. The maximum Gasteiger partial charge on any atom is 0.253 e. The van der Waals surface area contributed by atoms with Gasteiger partial charge in [0, 0.05) is 29.1 Å². The molecule has 1 fully saturated rings. The second-order valence-electron chi connectivity index (χ2n) is 6.68. The fraction of sp³-hybridized carbons (Fsp3) is 0.526. The molecule has 1 heterocycles. The summed E-state index contributed by atoms with van der Waals surface area (Å²) in [4.78, 5) is 12.7. The minimum Gasteiger partial charge on any atom is -0.352 e. The molecule has 3 nitrogen and oxygen atoms in total. The molecule has 1 aliphatic carbocycles. The number of hydrogen-bond acceptors (Lipinski definition) is 1. The first-order chi connectivity index (χ1) is 11.6. The average Bonchev–Trinajstić information content (AvgIpc) is 2.74. The molecule has 0 spiro atoms. The van der Waals surface area contributed by atoms with Crippen molar-refractivity contribution in [1.29, 1.82) is 0 Å². The number of rotatable bonds is 4. The molecule has 1 saturated carbocycles. The number of carbonyl (C=O) groups excluding carboxylic acids is 1. The first kappa shape index (κ1) is 17.5. The Hall–Kier alpha value is -1.36. The molecule has 1 amide bonds. The van der Waals surface area contributed by atoms with Crippen LogP contribution >= 0.6 is 15.9 Å². The van der Waals surface area contributed by atoms with Gasteiger partial charge in [-0.3, -0.25) is 4.79 Å². The van der Waals surface area contributed by atoms with Crippen LogP contribution in [-0.4, -0.2) is 17.0 Å². The zero-order valence-corrected chi connectivity index (χ0v) is 15.7. The Morgan fingerprint density at radius 2 is 2.00 bits per heavy atom. The summed E-state index contributed by atoms with van der Waals surface area (Å²) in [6.07, 6.45) is 9.38. The molecule has 24 heavy (non-hydrogen) atoms. The monoisotopic (exact) mass is 394 g/mol. The highest BCUT2D eigenvalue weighted by Gasteiger charge is 2.19. The Morgan fingerprint density at radius 1 is 1.29 bits per heavy atom. The fourth-order valence-electron chi connectivity index (χ4n) is 3.68. The zero-order chi connectivity index (χ0) is 17.1. The number of nitrogens with zero attached hydrogens (tertiary/aromatic N) is 1. The van der Waals surface area contributed by atoms with Crippen molar-refractivity contribution in [1.82, 2.24) is 9.88 Å². The van der Waals surface area contributed by atoms with E-state index >= 15 is 0 Å². The molecule has 0 radical (unpaired) electrons. The summed E-state index contributed by atoms with van der Waals surface area (Å²) in [6, 6.07) is 2.91. The van der Waals surface area contributed by atoms with Crippen LogP contribution in [0.3, 0.4) is 0 Å². The SMILES string of the molecule is CCn1cc(C(=O)NCC2CCCCCC2)c2c(Br)cc(F)cc21. The number of amides is 1. The summed E-state index contributed by atoms with van der Waals surface area (Å²) in [5.41, 5.74) is 1.37. The fourth-order valence-corrected chi connectivity index (χ4v) is 4.31. The molecule has 1 aromatic heterocycles. The third-order valence-corrected chi connectivity index (χ3v) is 5.63. The summed E-state index contributed by atoms with van der Waals surface area (Å²) >= 11 is 3.41. The van der Waals surface area contributed by atoms with Crippen molar-refractivity contribution in [3.05, 3.63) is 34.2 Å². The summed E-state index contributed by atoms with van der Waals surface area (Å²) in [6.45, 7) is 3.42. The third-order valence-electron chi connectivity index (χ3n) is 5.01. The quantitative estimate of drug-likeness (QED) is 0.704. The van der Waals surface area contributed by atoms with Gasteiger partial charge < -0.3 is 9.88 Å². The molecule has 130 valence electrons. The van der Waals surface area contributed by atoms with Crippen LogP contribution in [0.25, 0.3) is 10.9 Å². The van der Waals surface area contributed by atoms with Gasteiger partial charge in [0.1, 0.15) is 5.82 Å². The van der Waals surface area contributed by atoms with Crippen molar-refractivity contribution in [3.63, 3.8) is 0 Å². The van der Waals surface area contributed by atoms with E-state index in [9.17, 15) is 9.18 Å². The lowest BCUT2D eigenvalue weighted by atomic mass is 10.0. The second kappa shape index (κ2) is 7.68. The van der Waals surface area contributed by atoms with Crippen molar-refractivity contribution >= 4 is 32.7 Å². The molecule has 1 N–H and O–H groups in total. The van der Waals surface area contributed by atoms with E-state index in [2.05, 4.69) is 21.2 Å². The highest BCUT2D eigenvalue weighted by atomic mass is 79.9. The van der Waals surface area contributed by atoms with Gasteiger partial charge in [-0.1, -0.05) is 25.7 Å². The van der Waals surface area contributed by atoms with Crippen molar-refractivity contribution in [3.8, 4) is 0 Å². The number of carbonyl (C=O) groups is 1. The van der Waals surface area contributed by atoms with Gasteiger partial charge in [-0.25, -0.2) is 4.39 Å². The van der Waals surface area contributed by atoms with E-state index < -0.39 is 0 Å². The first-order valence-corrected chi connectivity index (χ1v) is 9.65. The maximum atomic E-state index is 13.7. The van der Waals surface area contributed by atoms with Gasteiger partial charge in [-0.15, -0.1) is 0 Å². The number of fused-ring (bicyclic) bond motifs is 1. The van der Waals surface area contributed by atoms with Gasteiger partial charge in [0.05, 0.1) is 11.1 Å². The van der Waals surface area contributed by atoms with E-state index in [4.69, 9.17) is 0 Å². The van der Waals surface area contributed by atoms with Crippen LogP contribution in [0.1, 0.15) is 55.8 Å². The van der Waals surface area contributed by atoms with Crippen LogP contribution in [0.2, 0.25) is 0 Å². The lowest BCUT2D eigenvalue weighted by Crippen LogP contribution is -2.29. The molecule has 0 bridgehead atoms. The van der Waals surface area contributed by atoms with Crippen LogP contribution in [0.5, 0.6) is 0 Å². The maximum absolute atomic E-state index is 13.7. The van der Waals surface area contributed by atoms with Crippen LogP contribution in [0.15, 0.2) is 22.8 Å². The topological polar surface area (TPSA) is 34.0 Å². The van der Waals surface area contributed by atoms with E-state index in [1.54, 1.807) is 0 Å². The number of aromatic nitrogens is 1. The molecule has 0 saturated heterocycles. The number of nitrogens with one attached hydrogen (secondary N) is 1. The van der Waals surface area contributed by atoms with Crippen molar-refractivity contribution in [2.24, 2.45) is 5.92 Å². The van der Waals surface area contributed by atoms with Gasteiger partial charge in [-0.2, -0.15) is 0 Å². The van der Waals surface area contributed by atoms with Crippen molar-refractivity contribution < 1.29 is 9.18 Å². The molecule has 1 aliphatic rings. The number of benzene rings is 1. The van der Waals surface area contributed by atoms with Crippen LogP contribution in [-0.2, 0) is 6.54 Å². The van der Waals surface area contributed by atoms with Crippen molar-refractivity contribution in [2.45, 2.75) is 52.0 Å². The van der Waals surface area contributed by atoms with Crippen LogP contribution in [0.4, 0.5) is 4.39 Å². The van der Waals surface area contributed by atoms with E-state index in [0.717, 1.165) is 17.4 Å². The minimum absolute atomic E-state index is 0.0660. The molecular formula is C19H24BrFN2O. The highest BCUT2D eigenvalue weighted by molar-refractivity contribution is 9.10. The average molecular weight is 395 g/mol. The van der Waals surface area contributed by atoms with Crippen molar-refractivity contribution in [2.75, 3.05) is 6.54 Å². The number of hydrogen-bond donors (Lipinski definition) is 1. The predicted octanol–water partition coefficient (Wildman–Crippen LogP) is 5.26. The molecule has 0 atom stereocenters. The molecular weight excluding hydrogens is 371 g/mol. The molecule has 3 rings (SSSR count). The highest BCUT2D eigenvalue weighted by Crippen LogP contribution is 2.30. The molecule has 0 unspecified atom stereocenters. The lowest BCUT2D eigenvalue weighted by Gasteiger charge is -2.14. The van der Waals surface area contributed by atoms with E-state index in [0.29, 0.717) is 22.5 Å². The van der Waals surface area contributed by atoms with E-state index in [1.165, 1.54) is 50.7 Å². The Bertz CT molecular complexity index is 733. The smallest absolute Gasteiger partial charge is 0.253 e. The van der Waals surface area contributed by atoms with Gasteiger partial charge >= 0.3 is 0 Å². The third kappa shape index (κ3) is 3.66. The van der Waals surface area contributed by atoms with Gasteiger partial charge in [0.2, 0.25) is 0 Å². The second-order valence-corrected chi connectivity index (χ2v) is 7.53. The Balaban J connectivity index is 1.81. The Kier molecular flexibility index (Phi) is 5.59. The Labute approximate surface area is 150 Å². The normalized spacial score (nSPS) is 16.3. The molecule has 1 aromatic carbocycles. The zero-order valence-electron chi connectivity index (χ0n) is 14.1. The van der Waals surface area contributed by atoms with E-state index in [1.807, 2.05) is 17.7 Å². The van der Waals surface area contributed by atoms with Gasteiger partial charge in [0.15, 0.2) is 0 Å². The van der Waals surface area contributed by atoms with Gasteiger partial charge in [-0.05, 0) is 53.7 Å². The first-order valence-electron chi connectivity index (χ1n) is 8.86. The minimum atomic E-state index is -0.299. The van der Waals surface area contributed by atoms with Crippen LogP contribution < -0.4 is 5.32 Å². The van der Waals surface area contributed by atoms with E-state index in [-0.39, 0.29) is 11.7 Å².